The number of piperidine rings is 1. The molecule has 1 atom stereocenters. The van der Waals surface area contributed by atoms with Crippen LogP contribution in [0.1, 0.15) is 35.7 Å². The predicted molar refractivity (Wildman–Crippen MR) is 80.3 cm³/mol. The molecule has 0 spiro atoms. The highest BCUT2D eigenvalue weighted by molar-refractivity contribution is 5.97. The van der Waals surface area contributed by atoms with Crippen molar-refractivity contribution in [3.05, 3.63) is 29.3 Å². The summed E-state index contributed by atoms with van der Waals surface area (Å²) in [5.41, 5.74) is 1.68. The molecule has 1 heterocycles. The maximum Gasteiger partial charge on any atom is 0.255 e. The van der Waals surface area contributed by atoms with Gasteiger partial charge in [-0.05, 0) is 57.8 Å². The largest absolute Gasteiger partial charge is 0.496 e. The second-order valence-corrected chi connectivity index (χ2v) is 5.55. The van der Waals surface area contributed by atoms with Gasteiger partial charge in [0.1, 0.15) is 5.75 Å². The Balaban J connectivity index is 2.05. The van der Waals surface area contributed by atoms with Gasteiger partial charge in [-0.25, -0.2) is 0 Å². The van der Waals surface area contributed by atoms with Crippen LogP contribution in [0.3, 0.4) is 0 Å². The number of aryl methyl sites for hydroxylation is 1. The van der Waals surface area contributed by atoms with Gasteiger partial charge >= 0.3 is 0 Å². The number of benzene rings is 1. The predicted octanol–water partition coefficient (Wildman–Crippen LogP) is 2.12. The van der Waals surface area contributed by atoms with E-state index in [0.717, 1.165) is 31.5 Å². The molecule has 1 fully saturated rings. The van der Waals surface area contributed by atoms with Gasteiger partial charge in [0.15, 0.2) is 0 Å². The van der Waals surface area contributed by atoms with Crippen LogP contribution < -0.4 is 15.4 Å². The molecule has 2 rings (SSSR count). The first-order valence-corrected chi connectivity index (χ1v) is 7.28. The Hall–Kier alpha value is -1.55. The van der Waals surface area contributed by atoms with Crippen molar-refractivity contribution in [1.29, 1.82) is 0 Å². The molecule has 1 aromatic rings. The summed E-state index contributed by atoms with van der Waals surface area (Å²) in [6, 6.07) is 5.86. The van der Waals surface area contributed by atoms with Gasteiger partial charge < -0.3 is 15.4 Å². The van der Waals surface area contributed by atoms with Crippen LogP contribution in [0.15, 0.2) is 18.2 Å². The molecule has 0 aromatic heterocycles. The maximum absolute atomic E-state index is 12.4. The molecule has 4 heteroatoms. The third kappa shape index (κ3) is 3.51. The van der Waals surface area contributed by atoms with E-state index in [1.165, 1.54) is 0 Å². The number of nitrogens with one attached hydrogen (secondary N) is 2. The minimum absolute atomic E-state index is 0.0448. The summed E-state index contributed by atoms with van der Waals surface area (Å²) in [4.78, 5) is 12.4. The summed E-state index contributed by atoms with van der Waals surface area (Å²) >= 11 is 0. The number of hydrogen-bond donors (Lipinski definition) is 2. The number of methoxy groups -OCH3 is 1. The molecular formula is C16H24N2O2. The van der Waals surface area contributed by atoms with Gasteiger partial charge in [-0.3, -0.25) is 4.79 Å². The van der Waals surface area contributed by atoms with Crippen LogP contribution in [-0.2, 0) is 0 Å². The Morgan fingerprint density at radius 2 is 2.10 bits per heavy atom. The smallest absolute Gasteiger partial charge is 0.255 e. The lowest BCUT2D eigenvalue weighted by atomic mass is 9.91. The molecule has 0 bridgehead atoms. The van der Waals surface area contributed by atoms with Crippen LogP contribution in [0, 0.1) is 12.8 Å². The molecular weight excluding hydrogens is 252 g/mol. The summed E-state index contributed by atoms with van der Waals surface area (Å²) in [7, 11) is 1.59. The molecule has 1 aliphatic heterocycles. The molecule has 1 amide bonds. The van der Waals surface area contributed by atoms with Crippen molar-refractivity contribution in [3.8, 4) is 5.75 Å². The van der Waals surface area contributed by atoms with E-state index >= 15 is 0 Å². The first kappa shape index (κ1) is 14.9. The number of hydrogen-bond acceptors (Lipinski definition) is 3. The van der Waals surface area contributed by atoms with Crippen molar-refractivity contribution >= 4 is 5.91 Å². The third-order valence-corrected chi connectivity index (χ3v) is 4.05. The summed E-state index contributed by atoms with van der Waals surface area (Å²) in [5.74, 6) is 1.14. The molecule has 1 aliphatic rings. The zero-order chi connectivity index (χ0) is 14.5. The zero-order valence-electron chi connectivity index (χ0n) is 12.5. The molecule has 1 unspecified atom stereocenters. The van der Waals surface area contributed by atoms with E-state index in [1.807, 2.05) is 25.1 Å². The van der Waals surface area contributed by atoms with Crippen LogP contribution >= 0.6 is 0 Å². The Morgan fingerprint density at radius 1 is 1.40 bits per heavy atom. The summed E-state index contributed by atoms with van der Waals surface area (Å²) in [6.07, 6.45) is 2.23. The Morgan fingerprint density at radius 3 is 2.75 bits per heavy atom. The van der Waals surface area contributed by atoms with Crippen molar-refractivity contribution < 1.29 is 9.53 Å². The van der Waals surface area contributed by atoms with E-state index in [-0.39, 0.29) is 11.9 Å². The Kier molecular flexibility index (Phi) is 5.01. The van der Waals surface area contributed by atoms with Crippen LogP contribution in [0.2, 0.25) is 0 Å². The quantitative estimate of drug-likeness (QED) is 0.885. The summed E-state index contributed by atoms with van der Waals surface area (Å²) in [6.45, 7) is 6.15. The molecule has 110 valence electrons. The van der Waals surface area contributed by atoms with Gasteiger partial charge in [0.25, 0.3) is 5.91 Å². The van der Waals surface area contributed by atoms with Crippen molar-refractivity contribution in [3.63, 3.8) is 0 Å². The van der Waals surface area contributed by atoms with Crippen LogP contribution in [0.4, 0.5) is 0 Å². The highest BCUT2D eigenvalue weighted by atomic mass is 16.5. The van der Waals surface area contributed by atoms with Crippen LogP contribution in [0.25, 0.3) is 0 Å². The van der Waals surface area contributed by atoms with Gasteiger partial charge in [0, 0.05) is 6.04 Å². The van der Waals surface area contributed by atoms with E-state index < -0.39 is 0 Å². The topological polar surface area (TPSA) is 50.4 Å². The molecule has 4 nitrogen and oxygen atoms in total. The number of carbonyl (C=O) groups is 1. The molecule has 1 aromatic carbocycles. The summed E-state index contributed by atoms with van der Waals surface area (Å²) < 4.78 is 5.28. The highest BCUT2D eigenvalue weighted by Gasteiger charge is 2.22. The molecule has 0 saturated carbocycles. The van der Waals surface area contributed by atoms with Gasteiger partial charge in [0.2, 0.25) is 0 Å². The van der Waals surface area contributed by atoms with E-state index in [4.69, 9.17) is 4.74 Å². The lowest BCUT2D eigenvalue weighted by Crippen LogP contribution is -2.42. The lowest BCUT2D eigenvalue weighted by molar-refractivity contribution is 0.0917. The fraction of sp³-hybridized carbons (Fsp3) is 0.562. The Bertz CT molecular complexity index is 468. The van der Waals surface area contributed by atoms with Crippen LogP contribution in [-0.4, -0.2) is 32.1 Å². The molecule has 1 saturated heterocycles. The minimum Gasteiger partial charge on any atom is -0.496 e. The normalized spacial score (nSPS) is 17.6. The first-order valence-electron chi connectivity index (χ1n) is 7.28. The first-order chi connectivity index (χ1) is 9.61. The van der Waals surface area contributed by atoms with E-state index in [0.29, 0.717) is 17.2 Å². The van der Waals surface area contributed by atoms with Gasteiger partial charge in [-0.15, -0.1) is 0 Å². The number of amides is 1. The van der Waals surface area contributed by atoms with Gasteiger partial charge in [-0.1, -0.05) is 11.6 Å². The van der Waals surface area contributed by atoms with E-state index in [9.17, 15) is 4.79 Å². The fourth-order valence-electron chi connectivity index (χ4n) is 2.75. The lowest BCUT2D eigenvalue weighted by Gasteiger charge is -2.29. The zero-order valence-corrected chi connectivity index (χ0v) is 12.5. The van der Waals surface area contributed by atoms with Gasteiger partial charge in [0.05, 0.1) is 12.7 Å². The molecule has 0 radical (unpaired) electrons. The summed E-state index contributed by atoms with van der Waals surface area (Å²) in [5, 5.41) is 6.47. The second kappa shape index (κ2) is 6.75. The minimum atomic E-state index is -0.0448. The number of ether oxygens (including phenoxy) is 1. The van der Waals surface area contributed by atoms with Gasteiger partial charge in [-0.2, -0.15) is 0 Å². The second-order valence-electron chi connectivity index (χ2n) is 5.55. The maximum atomic E-state index is 12.4. The molecule has 2 N–H and O–H groups in total. The van der Waals surface area contributed by atoms with E-state index in [2.05, 4.69) is 17.6 Å². The number of rotatable bonds is 4. The fourth-order valence-corrected chi connectivity index (χ4v) is 2.75. The molecule has 0 aliphatic carbocycles. The standard InChI is InChI=1S/C16H24N2O2/c1-11-4-5-15(20-3)14(10-11)16(19)18-12(2)13-6-8-17-9-7-13/h4-5,10,12-13,17H,6-9H2,1-3H3,(H,18,19). The Labute approximate surface area is 120 Å². The highest BCUT2D eigenvalue weighted by Crippen LogP contribution is 2.21. The van der Waals surface area contributed by atoms with Crippen molar-refractivity contribution in [2.75, 3.05) is 20.2 Å². The van der Waals surface area contributed by atoms with Crippen LogP contribution in [0.5, 0.6) is 5.75 Å². The third-order valence-electron chi connectivity index (χ3n) is 4.05. The average molecular weight is 276 g/mol. The van der Waals surface area contributed by atoms with E-state index in [1.54, 1.807) is 7.11 Å². The average Bonchev–Trinajstić information content (AvgIpc) is 2.48. The molecule has 20 heavy (non-hydrogen) atoms. The van der Waals surface area contributed by atoms with Crippen molar-refractivity contribution in [1.82, 2.24) is 10.6 Å². The van der Waals surface area contributed by atoms with Crippen molar-refractivity contribution in [2.45, 2.75) is 32.7 Å². The number of carbonyl (C=O) groups excluding carboxylic acids is 1. The SMILES string of the molecule is COc1ccc(C)cc1C(=O)NC(C)C1CCNCC1. The monoisotopic (exact) mass is 276 g/mol. The van der Waals surface area contributed by atoms with Crippen molar-refractivity contribution in [2.24, 2.45) is 5.92 Å².